The number of nitrogens with two attached hydrogens (primary N) is 1. The summed E-state index contributed by atoms with van der Waals surface area (Å²) in [5, 5.41) is 2.49. The summed E-state index contributed by atoms with van der Waals surface area (Å²) < 4.78 is 0. The maximum absolute atomic E-state index is 11.4. The molecule has 0 aromatic rings. The van der Waals surface area contributed by atoms with Gasteiger partial charge in [-0.1, -0.05) is 41.0 Å². The summed E-state index contributed by atoms with van der Waals surface area (Å²) in [6, 6.07) is 0. The zero-order chi connectivity index (χ0) is 12.5. The first-order valence-electron chi connectivity index (χ1n) is 5.46. The Morgan fingerprint density at radius 2 is 1.73 bits per heavy atom. The Labute approximate surface area is 92.6 Å². The smallest absolute Gasteiger partial charge is 0.236 e. The molecule has 4 nitrogen and oxygen atoms in total. The zero-order valence-electron chi connectivity index (χ0n) is 10.5. The van der Waals surface area contributed by atoms with Gasteiger partial charge in [0.2, 0.25) is 11.8 Å². The number of amides is 2. The fraction of sp³-hybridized carbons (Fsp3) is 0.818. The van der Waals surface area contributed by atoms with Gasteiger partial charge in [-0.15, -0.1) is 0 Å². The molecule has 0 saturated carbocycles. The fourth-order valence-corrected chi connectivity index (χ4v) is 1.15. The molecule has 0 rings (SSSR count). The van der Waals surface area contributed by atoms with Gasteiger partial charge < -0.3 is 11.1 Å². The number of rotatable bonds is 5. The van der Waals surface area contributed by atoms with Crippen LogP contribution in [0, 0.1) is 5.41 Å². The molecular weight excluding hydrogens is 192 g/mol. The molecule has 0 radical (unpaired) electrons. The number of primary amides is 1. The third-order valence-corrected chi connectivity index (χ3v) is 1.91. The van der Waals surface area contributed by atoms with Crippen molar-refractivity contribution in [1.82, 2.24) is 5.32 Å². The average molecular weight is 216 g/mol. The molecule has 0 aliphatic heterocycles. The maximum atomic E-state index is 11.4. The van der Waals surface area contributed by atoms with E-state index in [0.717, 1.165) is 12.8 Å². The van der Waals surface area contributed by atoms with Crippen LogP contribution in [0.15, 0.2) is 0 Å². The van der Waals surface area contributed by atoms with Gasteiger partial charge in [0.1, 0.15) is 0 Å². The Kier molecular flexibility index (Phi) is 9.02. The summed E-state index contributed by atoms with van der Waals surface area (Å²) in [5.74, 6) is -0.631. The number of nitrogens with one attached hydrogen (secondary N) is 1. The molecule has 0 fully saturated rings. The molecule has 0 heterocycles. The number of carbonyl (C=O) groups excluding carboxylic acids is 2. The molecule has 0 aliphatic carbocycles. The molecule has 0 aromatic carbocycles. The van der Waals surface area contributed by atoms with E-state index >= 15 is 0 Å². The van der Waals surface area contributed by atoms with Crippen molar-refractivity contribution in [3.05, 3.63) is 0 Å². The van der Waals surface area contributed by atoms with Gasteiger partial charge in [0.25, 0.3) is 0 Å². The Morgan fingerprint density at radius 3 is 2.07 bits per heavy atom. The summed E-state index contributed by atoms with van der Waals surface area (Å²) in [6.07, 6.45) is 1.74. The molecule has 15 heavy (non-hydrogen) atoms. The topological polar surface area (TPSA) is 72.2 Å². The first-order chi connectivity index (χ1) is 6.90. The molecule has 2 amide bonds. The second-order valence-corrected chi connectivity index (χ2v) is 3.78. The first-order valence-corrected chi connectivity index (χ1v) is 5.46. The molecule has 4 heteroatoms. The molecule has 0 aliphatic rings. The predicted molar refractivity (Wildman–Crippen MR) is 62.2 cm³/mol. The number of hydrogen-bond acceptors (Lipinski definition) is 2. The van der Waals surface area contributed by atoms with Crippen molar-refractivity contribution in [1.29, 1.82) is 0 Å². The highest BCUT2D eigenvalue weighted by molar-refractivity contribution is 5.86. The van der Waals surface area contributed by atoms with Crippen molar-refractivity contribution >= 4 is 11.8 Å². The van der Waals surface area contributed by atoms with Crippen LogP contribution in [0.25, 0.3) is 0 Å². The van der Waals surface area contributed by atoms with E-state index in [-0.39, 0.29) is 12.5 Å². The lowest BCUT2D eigenvalue weighted by atomic mass is 9.87. The van der Waals surface area contributed by atoms with Gasteiger partial charge in [-0.05, 0) is 6.42 Å². The van der Waals surface area contributed by atoms with Crippen molar-refractivity contribution in [2.45, 2.75) is 47.5 Å². The lowest BCUT2D eigenvalue weighted by Crippen LogP contribution is -2.41. The Balaban J connectivity index is 0. The van der Waals surface area contributed by atoms with Crippen LogP contribution in [-0.4, -0.2) is 18.4 Å². The highest BCUT2D eigenvalue weighted by Crippen LogP contribution is 2.21. The lowest BCUT2D eigenvalue weighted by molar-refractivity contribution is -0.131. The first kappa shape index (κ1) is 16.4. The highest BCUT2D eigenvalue weighted by Gasteiger charge is 2.26. The predicted octanol–water partition coefficient (Wildman–Crippen LogP) is 1.44. The summed E-state index contributed by atoms with van der Waals surface area (Å²) in [6.45, 7) is 9.65. The van der Waals surface area contributed by atoms with Crippen LogP contribution < -0.4 is 11.1 Å². The van der Waals surface area contributed by atoms with Crippen LogP contribution >= 0.6 is 0 Å². The van der Waals surface area contributed by atoms with Crippen LogP contribution in [0.2, 0.25) is 0 Å². The zero-order valence-corrected chi connectivity index (χ0v) is 10.5. The minimum atomic E-state index is -0.513. The van der Waals surface area contributed by atoms with Crippen LogP contribution in [0.4, 0.5) is 0 Å². The summed E-state index contributed by atoms with van der Waals surface area (Å²) in [5.41, 5.74) is 4.49. The molecule has 0 spiro atoms. The summed E-state index contributed by atoms with van der Waals surface area (Å²) in [7, 11) is 0. The summed E-state index contributed by atoms with van der Waals surface area (Å²) in [4.78, 5) is 21.8. The molecule has 3 N–H and O–H groups in total. The van der Waals surface area contributed by atoms with E-state index in [9.17, 15) is 9.59 Å². The average Bonchev–Trinajstić information content (AvgIpc) is 2.17. The third-order valence-electron chi connectivity index (χ3n) is 1.91. The number of hydrogen-bond donors (Lipinski definition) is 2. The van der Waals surface area contributed by atoms with E-state index in [1.54, 1.807) is 0 Å². The molecular formula is C11H24N2O2. The molecule has 0 atom stereocenters. The van der Waals surface area contributed by atoms with E-state index in [4.69, 9.17) is 5.73 Å². The van der Waals surface area contributed by atoms with Crippen molar-refractivity contribution in [2.75, 3.05) is 6.54 Å². The Hall–Kier alpha value is -1.06. The quantitative estimate of drug-likeness (QED) is 0.730. The fourth-order valence-electron chi connectivity index (χ4n) is 1.15. The lowest BCUT2D eigenvalue weighted by Gasteiger charge is -2.22. The van der Waals surface area contributed by atoms with Gasteiger partial charge >= 0.3 is 0 Å². The summed E-state index contributed by atoms with van der Waals surface area (Å²) >= 11 is 0. The standard InChI is InChI=1S/C9H18N2O2.C2H6/c1-4-5-9(2,3)8(13)11-6-7(10)12;1-2/h4-6H2,1-3H3,(H2,10,12)(H,11,13);1-2H3. The van der Waals surface area contributed by atoms with Crippen molar-refractivity contribution in [2.24, 2.45) is 11.1 Å². The minimum Gasteiger partial charge on any atom is -0.368 e. The third kappa shape index (κ3) is 7.97. The maximum Gasteiger partial charge on any atom is 0.236 e. The van der Waals surface area contributed by atoms with Gasteiger partial charge in [-0.3, -0.25) is 9.59 Å². The molecule has 0 aromatic heterocycles. The van der Waals surface area contributed by atoms with E-state index in [1.165, 1.54) is 0 Å². The van der Waals surface area contributed by atoms with Gasteiger partial charge in [0, 0.05) is 5.41 Å². The van der Waals surface area contributed by atoms with Crippen LogP contribution in [0.1, 0.15) is 47.5 Å². The van der Waals surface area contributed by atoms with E-state index < -0.39 is 11.3 Å². The molecule has 0 unspecified atom stereocenters. The minimum absolute atomic E-state index is 0.0774. The second kappa shape index (κ2) is 8.26. The van der Waals surface area contributed by atoms with E-state index in [2.05, 4.69) is 5.32 Å². The Bertz CT molecular complexity index is 201. The van der Waals surface area contributed by atoms with Gasteiger partial charge in [0.05, 0.1) is 6.54 Å². The van der Waals surface area contributed by atoms with Crippen molar-refractivity contribution < 1.29 is 9.59 Å². The van der Waals surface area contributed by atoms with Crippen LogP contribution in [0.5, 0.6) is 0 Å². The highest BCUT2D eigenvalue weighted by atomic mass is 16.2. The van der Waals surface area contributed by atoms with Crippen molar-refractivity contribution in [3.63, 3.8) is 0 Å². The Morgan fingerprint density at radius 1 is 1.27 bits per heavy atom. The van der Waals surface area contributed by atoms with Gasteiger partial charge in [-0.25, -0.2) is 0 Å². The van der Waals surface area contributed by atoms with Crippen molar-refractivity contribution in [3.8, 4) is 0 Å². The van der Waals surface area contributed by atoms with E-state index in [1.807, 2.05) is 34.6 Å². The SMILES string of the molecule is CC.CCCC(C)(C)C(=O)NCC(N)=O. The van der Waals surface area contributed by atoms with Crippen LogP contribution in [0.3, 0.4) is 0 Å². The second-order valence-electron chi connectivity index (χ2n) is 3.78. The number of carbonyl (C=O) groups is 2. The normalized spacial score (nSPS) is 9.93. The van der Waals surface area contributed by atoms with E-state index in [0.29, 0.717) is 0 Å². The molecule has 90 valence electrons. The molecule has 0 bridgehead atoms. The largest absolute Gasteiger partial charge is 0.368 e. The monoisotopic (exact) mass is 216 g/mol. The van der Waals surface area contributed by atoms with Crippen LogP contribution in [-0.2, 0) is 9.59 Å². The molecule has 0 saturated heterocycles. The van der Waals surface area contributed by atoms with Gasteiger partial charge in [0.15, 0.2) is 0 Å². The van der Waals surface area contributed by atoms with Gasteiger partial charge in [-0.2, -0.15) is 0 Å².